The summed E-state index contributed by atoms with van der Waals surface area (Å²) in [5.74, 6) is -1.67. The first-order valence-corrected chi connectivity index (χ1v) is 5.10. The fraction of sp³-hybridized carbons (Fsp3) is 0. The normalized spacial score (nSPS) is 10.0. The summed E-state index contributed by atoms with van der Waals surface area (Å²) < 4.78 is 4.95. The molecule has 0 saturated carbocycles. The van der Waals surface area contributed by atoms with Crippen molar-refractivity contribution in [3.8, 4) is 23.0 Å². The van der Waals surface area contributed by atoms with Crippen molar-refractivity contribution in [3.05, 3.63) is 48.0 Å². The van der Waals surface area contributed by atoms with Crippen molar-refractivity contribution in [2.24, 2.45) is 0 Å². The van der Waals surface area contributed by atoms with Crippen molar-refractivity contribution in [1.29, 1.82) is 0 Å². The lowest BCUT2D eigenvalue weighted by Gasteiger charge is -2.06. The van der Waals surface area contributed by atoms with E-state index in [-0.39, 0.29) is 17.1 Å². The first kappa shape index (κ1) is 11.8. The molecule has 5 heteroatoms. The Kier molecular flexibility index (Phi) is 3.05. The highest BCUT2D eigenvalue weighted by atomic mass is 16.5. The second-order valence-corrected chi connectivity index (χ2v) is 3.56. The largest absolute Gasteiger partial charge is 0.508 e. The predicted octanol–water partition coefficient (Wildman–Crippen LogP) is 2.02. The third-order valence-corrected chi connectivity index (χ3v) is 2.26. The van der Waals surface area contributed by atoms with E-state index in [4.69, 9.17) is 4.74 Å². The zero-order valence-corrected chi connectivity index (χ0v) is 9.20. The van der Waals surface area contributed by atoms with E-state index in [2.05, 4.69) is 0 Å². The number of ether oxygens (including phenoxy) is 1. The van der Waals surface area contributed by atoms with Crippen LogP contribution in [0, 0.1) is 0 Å². The number of aromatic hydroxyl groups is 3. The molecule has 0 aromatic heterocycles. The summed E-state index contributed by atoms with van der Waals surface area (Å²) in [6, 6.07) is 9.67. The molecule has 0 saturated heterocycles. The number of hydrogen-bond acceptors (Lipinski definition) is 5. The van der Waals surface area contributed by atoms with Crippen molar-refractivity contribution >= 4 is 5.97 Å². The van der Waals surface area contributed by atoms with E-state index >= 15 is 0 Å². The SMILES string of the molecule is O=C(Oc1cccc(O)c1)c1cccc(O)c1O. The van der Waals surface area contributed by atoms with Crippen molar-refractivity contribution in [3.63, 3.8) is 0 Å². The summed E-state index contributed by atoms with van der Waals surface area (Å²) in [5, 5.41) is 28.0. The zero-order valence-electron chi connectivity index (χ0n) is 9.20. The molecule has 2 rings (SSSR count). The Balaban J connectivity index is 2.25. The molecule has 5 nitrogen and oxygen atoms in total. The van der Waals surface area contributed by atoms with Crippen molar-refractivity contribution in [2.75, 3.05) is 0 Å². The lowest BCUT2D eigenvalue weighted by atomic mass is 10.2. The highest BCUT2D eigenvalue weighted by Gasteiger charge is 2.16. The van der Waals surface area contributed by atoms with Gasteiger partial charge in [-0.3, -0.25) is 0 Å². The molecule has 0 aliphatic heterocycles. The van der Waals surface area contributed by atoms with E-state index in [9.17, 15) is 20.1 Å². The van der Waals surface area contributed by atoms with Gasteiger partial charge in [0, 0.05) is 6.07 Å². The van der Waals surface area contributed by atoms with Gasteiger partial charge in [0.15, 0.2) is 11.5 Å². The van der Waals surface area contributed by atoms with E-state index in [0.29, 0.717) is 0 Å². The number of phenols is 3. The number of carbonyl (C=O) groups is 1. The van der Waals surface area contributed by atoms with Crippen LogP contribution >= 0.6 is 0 Å². The average Bonchev–Trinajstić information content (AvgIpc) is 2.32. The molecule has 0 bridgehead atoms. The number of para-hydroxylation sites is 1. The van der Waals surface area contributed by atoms with Gasteiger partial charge < -0.3 is 20.1 Å². The van der Waals surface area contributed by atoms with Gasteiger partial charge in [-0.05, 0) is 24.3 Å². The summed E-state index contributed by atoms with van der Waals surface area (Å²) in [7, 11) is 0. The van der Waals surface area contributed by atoms with Crippen LogP contribution in [0.4, 0.5) is 0 Å². The quantitative estimate of drug-likeness (QED) is 0.428. The van der Waals surface area contributed by atoms with Gasteiger partial charge in [-0.15, -0.1) is 0 Å². The minimum atomic E-state index is -0.825. The van der Waals surface area contributed by atoms with Gasteiger partial charge in [0.25, 0.3) is 0 Å². The number of rotatable bonds is 2. The summed E-state index contributed by atoms with van der Waals surface area (Å²) in [6.07, 6.45) is 0. The van der Waals surface area contributed by atoms with Crippen LogP contribution < -0.4 is 4.74 Å². The minimum absolute atomic E-state index is 0.0413. The van der Waals surface area contributed by atoms with Crippen molar-refractivity contribution < 1.29 is 24.9 Å². The molecule has 3 N–H and O–H groups in total. The van der Waals surface area contributed by atoms with Crippen LogP contribution in [0.25, 0.3) is 0 Å². The van der Waals surface area contributed by atoms with Crippen molar-refractivity contribution in [2.45, 2.75) is 0 Å². The Morgan fingerprint density at radius 1 is 1.00 bits per heavy atom. The molecular formula is C13H10O5. The summed E-state index contributed by atoms with van der Waals surface area (Å²) in [6.45, 7) is 0. The average molecular weight is 246 g/mol. The first-order valence-electron chi connectivity index (χ1n) is 5.10. The number of benzene rings is 2. The van der Waals surface area contributed by atoms with Gasteiger partial charge in [0.05, 0.1) is 0 Å². The smallest absolute Gasteiger partial charge is 0.347 e. The summed E-state index contributed by atoms with van der Waals surface area (Å²) >= 11 is 0. The Morgan fingerprint density at radius 3 is 2.44 bits per heavy atom. The van der Waals surface area contributed by atoms with Gasteiger partial charge in [-0.2, -0.15) is 0 Å². The maximum Gasteiger partial charge on any atom is 0.347 e. The van der Waals surface area contributed by atoms with Crippen LogP contribution in [0.3, 0.4) is 0 Å². The molecule has 0 unspecified atom stereocenters. The number of phenolic OH excluding ortho intramolecular Hbond substituents is 3. The maximum absolute atomic E-state index is 11.7. The molecule has 0 aliphatic carbocycles. The Bertz CT molecular complexity index is 592. The molecule has 0 amide bonds. The van der Waals surface area contributed by atoms with Gasteiger partial charge in [0.1, 0.15) is 17.1 Å². The van der Waals surface area contributed by atoms with Crippen LogP contribution in [-0.4, -0.2) is 21.3 Å². The second kappa shape index (κ2) is 4.67. The van der Waals surface area contributed by atoms with E-state index in [1.165, 1.54) is 42.5 Å². The molecule has 0 heterocycles. The Hall–Kier alpha value is -2.69. The second-order valence-electron chi connectivity index (χ2n) is 3.56. The highest BCUT2D eigenvalue weighted by Crippen LogP contribution is 2.29. The predicted molar refractivity (Wildman–Crippen MR) is 62.8 cm³/mol. The molecule has 2 aromatic rings. The maximum atomic E-state index is 11.7. The molecule has 0 radical (unpaired) electrons. The van der Waals surface area contributed by atoms with E-state index in [1.54, 1.807) is 0 Å². The topological polar surface area (TPSA) is 87.0 Å². The summed E-state index contributed by atoms with van der Waals surface area (Å²) in [4.78, 5) is 11.7. The van der Waals surface area contributed by atoms with Crippen LogP contribution in [0.2, 0.25) is 0 Å². The van der Waals surface area contributed by atoms with Crippen LogP contribution in [0.5, 0.6) is 23.0 Å². The van der Waals surface area contributed by atoms with Crippen LogP contribution in [0.15, 0.2) is 42.5 Å². The molecule has 92 valence electrons. The number of hydrogen-bond donors (Lipinski definition) is 3. The van der Waals surface area contributed by atoms with Crippen LogP contribution in [-0.2, 0) is 0 Å². The van der Waals surface area contributed by atoms with Gasteiger partial charge in [-0.25, -0.2) is 4.79 Å². The third kappa shape index (κ3) is 2.35. The molecule has 0 fully saturated rings. The molecule has 2 aromatic carbocycles. The highest BCUT2D eigenvalue weighted by molar-refractivity contribution is 5.94. The zero-order chi connectivity index (χ0) is 13.1. The van der Waals surface area contributed by atoms with Crippen LogP contribution in [0.1, 0.15) is 10.4 Å². The van der Waals surface area contributed by atoms with E-state index in [0.717, 1.165) is 0 Å². The van der Waals surface area contributed by atoms with Gasteiger partial charge in [0.2, 0.25) is 0 Å². The monoisotopic (exact) mass is 246 g/mol. The fourth-order valence-corrected chi connectivity index (χ4v) is 1.41. The minimum Gasteiger partial charge on any atom is -0.508 e. The van der Waals surface area contributed by atoms with Gasteiger partial charge in [-0.1, -0.05) is 12.1 Å². The van der Waals surface area contributed by atoms with E-state index in [1.807, 2.05) is 0 Å². The van der Waals surface area contributed by atoms with Gasteiger partial charge >= 0.3 is 5.97 Å². The standard InChI is InChI=1S/C13H10O5/c14-8-3-1-4-9(7-8)18-13(17)10-5-2-6-11(15)12(10)16/h1-7,14-16H. The number of esters is 1. The molecule has 0 aliphatic rings. The fourth-order valence-electron chi connectivity index (χ4n) is 1.41. The molecular weight excluding hydrogens is 236 g/mol. The molecule has 18 heavy (non-hydrogen) atoms. The Labute approximate surface area is 103 Å². The Morgan fingerprint density at radius 2 is 1.72 bits per heavy atom. The summed E-state index contributed by atoms with van der Waals surface area (Å²) in [5.41, 5.74) is -0.154. The third-order valence-electron chi connectivity index (χ3n) is 2.26. The van der Waals surface area contributed by atoms with Crippen molar-refractivity contribution in [1.82, 2.24) is 0 Å². The number of carbonyl (C=O) groups excluding carboxylic acids is 1. The lowest BCUT2D eigenvalue weighted by Crippen LogP contribution is -2.08. The molecule has 0 spiro atoms. The lowest BCUT2D eigenvalue weighted by molar-refractivity contribution is 0.0730. The first-order chi connectivity index (χ1) is 8.58. The molecule has 0 atom stereocenters. The van der Waals surface area contributed by atoms with E-state index < -0.39 is 17.5 Å².